The maximum atomic E-state index is 13.6. The number of hydrogen-bond donors (Lipinski definition) is 1. The Bertz CT molecular complexity index is 623. The Morgan fingerprint density at radius 2 is 2.00 bits per heavy atom. The lowest BCUT2D eigenvalue weighted by atomic mass is 10.1. The average molecular weight is 306 g/mol. The highest BCUT2D eigenvalue weighted by atomic mass is 19.4. The molecule has 0 radical (unpaired) electrons. The molecule has 0 spiro atoms. The fraction of sp³-hybridized carbons (Fsp3) is 0.308. The third-order valence-electron chi connectivity index (χ3n) is 2.75. The number of aryl methyl sites for hydroxylation is 1. The van der Waals surface area contributed by atoms with Crippen LogP contribution in [0, 0.1) is 18.6 Å². The van der Waals surface area contributed by atoms with E-state index in [-0.39, 0.29) is 12.4 Å². The van der Waals surface area contributed by atoms with Crippen molar-refractivity contribution in [2.45, 2.75) is 25.7 Å². The molecule has 1 atom stereocenters. The number of aromatic nitrogens is 1. The van der Waals surface area contributed by atoms with Gasteiger partial charge in [-0.2, -0.15) is 13.2 Å². The molecule has 2 rings (SSSR count). The predicted octanol–water partition coefficient (Wildman–Crippen LogP) is 3.65. The van der Waals surface area contributed by atoms with E-state index in [1.165, 1.54) is 6.20 Å². The molecule has 21 heavy (non-hydrogen) atoms. The zero-order valence-electron chi connectivity index (χ0n) is 10.8. The zero-order valence-corrected chi connectivity index (χ0v) is 10.8. The maximum absolute atomic E-state index is 13.6. The molecular formula is C13H11F5N2O. The number of benzene rings is 1. The van der Waals surface area contributed by atoms with Crippen molar-refractivity contribution >= 4 is 0 Å². The summed E-state index contributed by atoms with van der Waals surface area (Å²) in [5.74, 6) is -2.41. The van der Waals surface area contributed by atoms with Gasteiger partial charge < -0.3 is 4.42 Å². The van der Waals surface area contributed by atoms with Crippen LogP contribution in [0.1, 0.15) is 23.3 Å². The van der Waals surface area contributed by atoms with Gasteiger partial charge in [0.1, 0.15) is 11.8 Å². The topological polar surface area (TPSA) is 38.1 Å². The van der Waals surface area contributed by atoms with E-state index in [4.69, 9.17) is 4.42 Å². The van der Waals surface area contributed by atoms with Gasteiger partial charge >= 0.3 is 6.18 Å². The first-order valence-corrected chi connectivity index (χ1v) is 5.94. The van der Waals surface area contributed by atoms with Crippen molar-refractivity contribution in [3.63, 3.8) is 0 Å². The van der Waals surface area contributed by atoms with Crippen molar-refractivity contribution < 1.29 is 26.4 Å². The van der Waals surface area contributed by atoms with Gasteiger partial charge in [-0.25, -0.2) is 13.8 Å². The summed E-state index contributed by atoms with van der Waals surface area (Å²) in [7, 11) is 0. The normalized spacial score (nSPS) is 13.4. The fourth-order valence-corrected chi connectivity index (χ4v) is 1.82. The second kappa shape index (κ2) is 5.80. The van der Waals surface area contributed by atoms with Gasteiger partial charge in [-0.15, -0.1) is 0 Å². The summed E-state index contributed by atoms with van der Waals surface area (Å²) in [6, 6.07) is 0.290. The first kappa shape index (κ1) is 15.4. The minimum Gasteiger partial charge on any atom is -0.445 e. The zero-order chi connectivity index (χ0) is 15.6. The largest absolute Gasteiger partial charge is 0.445 e. The highest BCUT2D eigenvalue weighted by molar-refractivity contribution is 5.24. The molecule has 0 fully saturated rings. The minimum atomic E-state index is -4.80. The summed E-state index contributed by atoms with van der Waals surface area (Å²) in [6.07, 6.45) is -3.45. The van der Waals surface area contributed by atoms with E-state index in [9.17, 15) is 22.0 Å². The summed E-state index contributed by atoms with van der Waals surface area (Å²) >= 11 is 0. The number of nitrogens with zero attached hydrogens (tertiary/aromatic N) is 1. The molecule has 3 nitrogen and oxygen atoms in total. The van der Waals surface area contributed by atoms with E-state index < -0.39 is 29.4 Å². The van der Waals surface area contributed by atoms with Crippen LogP contribution in [0.15, 0.2) is 28.8 Å². The molecule has 1 aromatic heterocycles. The maximum Gasteiger partial charge on any atom is 0.408 e. The SMILES string of the molecule is Cc1cnc(CNC(c2cccc(F)c2F)C(F)(F)F)o1. The van der Waals surface area contributed by atoms with Crippen LogP contribution >= 0.6 is 0 Å². The van der Waals surface area contributed by atoms with E-state index in [1.807, 2.05) is 0 Å². The standard InChI is InChI=1S/C13H11F5N2O/c1-7-5-19-10(21-7)6-20-12(13(16,17)18)8-3-2-4-9(14)11(8)15/h2-5,12,20H,6H2,1H3. The average Bonchev–Trinajstić information content (AvgIpc) is 2.79. The summed E-state index contributed by atoms with van der Waals surface area (Å²) in [5, 5.41) is 2.09. The smallest absolute Gasteiger partial charge is 0.408 e. The third kappa shape index (κ3) is 3.57. The van der Waals surface area contributed by atoms with Crippen LogP contribution in [0.5, 0.6) is 0 Å². The summed E-state index contributed by atoms with van der Waals surface area (Å²) in [6.45, 7) is 1.22. The Hall–Kier alpha value is -1.96. The van der Waals surface area contributed by atoms with Crippen molar-refractivity contribution in [2.24, 2.45) is 0 Å². The van der Waals surface area contributed by atoms with E-state index in [0.29, 0.717) is 5.76 Å². The molecule has 0 aliphatic carbocycles. The first-order chi connectivity index (χ1) is 9.79. The summed E-state index contributed by atoms with van der Waals surface area (Å²) in [5.41, 5.74) is -0.814. The molecule has 0 aliphatic heterocycles. The molecule has 0 bridgehead atoms. The summed E-state index contributed by atoms with van der Waals surface area (Å²) in [4.78, 5) is 3.74. The van der Waals surface area contributed by atoms with Gasteiger partial charge in [-0.1, -0.05) is 12.1 Å². The fourth-order valence-electron chi connectivity index (χ4n) is 1.82. The van der Waals surface area contributed by atoms with E-state index in [1.54, 1.807) is 6.92 Å². The van der Waals surface area contributed by atoms with Crippen LogP contribution in [0.25, 0.3) is 0 Å². The molecule has 0 saturated heterocycles. The van der Waals surface area contributed by atoms with Crippen molar-refractivity contribution in [3.8, 4) is 0 Å². The Morgan fingerprint density at radius 1 is 1.29 bits per heavy atom. The molecule has 1 heterocycles. The van der Waals surface area contributed by atoms with Gasteiger partial charge in [0, 0.05) is 5.56 Å². The number of hydrogen-bond acceptors (Lipinski definition) is 3. The Kier molecular flexibility index (Phi) is 4.26. The van der Waals surface area contributed by atoms with E-state index in [0.717, 1.165) is 18.2 Å². The molecule has 8 heteroatoms. The lowest BCUT2D eigenvalue weighted by molar-refractivity contribution is -0.159. The summed E-state index contributed by atoms with van der Waals surface area (Å²) < 4.78 is 70.7. The lowest BCUT2D eigenvalue weighted by Crippen LogP contribution is -2.34. The number of alkyl halides is 3. The molecule has 1 N–H and O–H groups in total. The van der Waals surface area contributed by atoms with Gasteiger partial charge in [0.2, 0.25) is 5.89 Å². The van der Waals surface area contributed by atoms with Crippen molar-refractivity contribution in [1.29, 1.82) is 0 Å². The van der Waals surface area contributed by atoms with Crippen LogP contribution in [0.3, 0.4) is 0 Å². The molecule has 0 aliphatic rings. The van der Waals surface area contributed by atoms with Crippen LogP contribution in [-0.2, 0) is 6.54 Å². The monoisotopic (exact) mass is 306 g/mol. The van der Waals surface area contributed by atoms with E-state index in [2.05, 4.69) is 10.3 Å². The van der Waals surface area contributed by atoms with Crippen LogP contribution in [0.4, 0.5) is 22.0 Å². The van der Waals surface area contributed by atoms with Crippen LogP contribution in [-0.4, -0.2) is 11.2 Å². The molecule has 1 unspecified atom stereocenters. The molecule has 1 aromatic carbocycles. The van der Waals surface area contributed by atoms with Crippen LogP contribution < -0.4 is 5.32 Å². The highest BCUT2D eigenvalue weighted by Gasteiger charge is 2.42. The van der Waals surface area contributed by atoms with Crippen LogP contribution in [0.2, 0.25) is 0 Å². The van der Waals surface area contributed by atoms with Gasteiger partial charge in [-0.05, 0) is 13.0 Å². The Morgan fingerprint density at radius 3 is 2.57 bits per heavy atom. The number of halogens is 5. The number of nitrogens with one attached hydrogen (secondary N) is 1. The first-order valence-electron chi connectivity index (χ1n) is 5.94. The Labute approximate surface area is 116 Å². The third-order valence-corrected chi connectivity index (χ3v) is 2.75. The Balaban J connectivity index is 2.25. The van der Waals surface area contributed by atoms with Crippen molar-refractivity contribution in [3.05, 3.63) is 53.2 Å². The number of rotatable bonds is 4. The molecule has 0 saturated carbocycles. The second-order valence-electron chi connectivity index (χ2n) is 4.36. The molecule has 0 amide bonds. The van der Waals surface area contributed by atoms with Gasteiger partial charge in [0.15, 0.2) is 11.6 Å². The van der Waals surface area contributed by atoms with E-state index >= 15 is 0 Å². The molecule has 2 aromatic rings. The van der Waals surface area contributed by atoms with Gasteiger partial charge in [0.25, 0.3) is 0 Å². The van der Waals surface area contributed by atoms with Gasteiger partial charge in [-0.3, -0.25) is 5.32 Å². The molecular weight excluding hydrogens is 295 g/mol. The highest BCUT2D eigenvalue weighted by Crippen LogP contribution is 2.34. The lowest BCUT2D eigenvalue weighted by Gasteiger charge is -2.22. The van der Waals surface area contributed by atoms with Crippen molar-refractivity contribution in [1.82, 2.24) is 10.3 Å². The number of oxazole rings is 1. The predicted molar refractivity (Wildman–Crippen MR) is 63.2 cm³/mol. The minimum absolute atomic E-state index is 0.0264. The quantitative estimate of drug-likeness (QED) is 0.876. The second-order valence-corrected chi connectivity index (χ2v) is 4.36. The van der Waals surface area contributed by atoms with Gasteiger partial charge in [0.05, 0.1) is 12.7 Å². The molecule has 114 valence electrons. The van der Waals surface area contributed by atoms with Crippen molar-refractivity contribution in [2.75, 3.05) is 0 Å².